The Morgan fingerprint density at radius 1 is 0.933 bits per heavy atom. The van der Waals surface area contributed by atoms with Crippen LogP contribution in [0.5, 0.6) is 0 Å². The number of benzene rings is 2. The molecule has 0 bridgehead atoms. The highest BCUT2D eigenvalue weighted by molar-refractivity contribution is 5.98. The number of hydrogen-bond donors (Lipinski definition) is 3. The van der Waals surface area contributed by atoms with Crippen molar-refractivity contribution < 1.29 is 29.1 Å². The lowest BCUT2D eigenvalue weighted by molar-refractivity contribution is -0.180. The monoisotopic (exact) mass is 413 g/mol. The molecule has 0 aliphatic rings. The molecule has 1 unspecified atom stereocenters. The predicted octanol–water partition coefficient (Wildman–Crippen LogP) is 1.53. The van der Waals surface area contributed by atoms with Gasteiger partial charge in [0.25, 0.3) is 11.8 Å². The van der Waals surface area contributed by atoms with Crippen molar-refractivity contribution in [2.45, 2.75) is 31.9 Å². The summed E-state index contributed by atoms with van der Waals surface area (Å²) in [6, 6.07) is 16.4. The summed E-state index contributed by atoms with van der Waals surface area (Å²) in [6.45, 7) is -0.0146. The number of carbonyl (C=O) groups excluding carboxylic acids is 4. The third-order valence-corrected chi connectivity index (χ3v) is 4.12. The summed E-state index contributed by atoms with van der Waals surface area (Å²) in [7, 11) is 0. The van der Waals surface area contributed by atoms with E-state index in [1.807, 2.05) is 6.07 Å². The highest BCUT2D eigenvalue weighted by Gasteiger charge is 2.30. The fraction of sp³-hybridized carbons (Fsp3) is 0.238. The first-order chi connectivity index (χ1) is 14.4. The number of hydroxylamine groups is 2. The topological polar surface area (TPSA) is 139 Å². The smallest absolute Gasteiger partial charge is 0.408 e. The molecule has 4 N–H and O–H groups in total. The normalized spacial score (nSPS) is 11.2. The van der Waals surface area contributed by atoms with Gasteiger partial charge >= 0.3 is 6.09 Å². The van der Waals surface area contributed by atoms with Crippen LogP contribution in [0.3, 0.4) is 0 Å². The number of amides is 4. The number of primary amides is 1. The van der Waals surface area contributed by atoms with Crippen LogP contribution in [0.2, 0.25) is 0 Å². The van der Waals surface area contributed by atoms with Crippen molar-refractivity contribution in [3.8, 4) is 0 Å². The van der Waals surface area contributed by atoms with Gasteiger partial charge in [-0.1, -0.05) is 60.7 Å². The maximum absolute atomic E-state index is 12.6. The standard InChI is InChI=1S/C21H23N3O6/c22-18(25)11-12-19(26)24(29)20(27)17(13-15-7-3-1-4-8-15)23-21(28)30-14-16-9-5-2-6-10-16/h1-10,17,29H,11-14H2,(H2,22,25)(H,23,28). The average Bonchev–Trinajstić information content (AvgIpc) is 2.76. The zero-order chi connectivity index (χ0) is 21.9. The quantitative estimate of drug-likeness (QED) is 0.421. The van der Waals surface area contributed by atoms with Crippen molar-refractivity contribution in [3.05, 3.63) is 71.8 Å². The van der Waals surface area contributed by atoms with Crippen molar-refractivity contribution >= 4 is 23.8 Å². The number of nitrogens with zero attached hydrogens (tertiary/aromatic N) is 1. The van der Waals surface area contributed by atoms with Crippen LogP contribution in [0.4, 0.5) is 4.79 Å². The molecule has 9 nitrogen and oxygen atoms in total. The maximum atomic E-state index is 12.6. The Bertz CT molecular complexity index is 873. The molecule has 2 aromatic carbocycles. The minimum absolute atomic E-state index is 0.0142. The molecule has 9 heteroatoms. The van der Waals surface area contributed by atoms with E-state index in [9.17, 15) is 24.4 Å². The molecule has 1 atom stereocenters. The van der Waals surface area contributed by atoms with E-state index in [0.29, 0.717) is 5.56 Å². The van der Waals surface area contributed by atoms with Gasteiger partial charge in [-0.3, -0.25) is 19.6 Å². The summed E-state index contributed by atoms with van der Waals surface area (Å²) in [4.78, 5) is 47.6. The molecular formula is C21H23N3O6. The molecule has 0 fully saturated rings. The first-order valence-corrected chi connectivity index (χ1v) is 9.22. The minimum atomic E-state index is -1.27. The van der Waals surface area contributed by atoms with E-state index in [1.165, 1.54) is 0 Å². The lowest BCUT2D eigenvalue weighted by Gasteiger charge is -2.22. The van der Waals surface area contributed by atoms with Gasteiger partial charge in [0.05, 0.1) is 0 Å². The van der Waals surface area contributed by atoms with Gasteiger partial charge in [0.15, 0.2) is 0 Å². The number of ether oxygens (including phenoxy) is 1. The van der Waals surface area contributed by atoms with Crippen LogP contribution in [0.15, 0.2) is 60.7 Å². The Kier molecular flexibility index (Phi) is 8.52. The highest BCUT2D eigenvalue weighted by atomic mass is 16.5. The molecular weight excluding hydrogens is 390 g/mol. The average molecular weight is 413 g/mol. The van der Waals surface area contributed by atoms with Crippen molar-refractivity contribution in [3.63, 3.8) is 0 Å². The number of rotatable bonds is 9. The Morgan fingerprint density at radius 3 is 2.07 bits per heavy atom. The van der Waals surface area contributed by atoms with Gasteiger partial charge in [-0.2, -0.15) is 5.06 Å². The molecule has 30 heavy (non-hydrogen) atoms. The Labute approximate surface area is 173 Å². The molecule has 0 saturated heterocycles. The first kappa shape index (κ1) is 22.6. The molecule has 0 aliphatic carbocycles. The lowest BCUT2D eigenvalue weighted by atomic mass is 10.1. The summed E-state index contributed by atoms with van der Waals surface area (Å²) in [5, 5.41) is 12.2. The molecule has 158 valence electrons. The molecule has 0 saturated carbocycles. The van der Waals surface area contributed by atoms with Gasteiger partial charge in [0.1, 0.15) is 12.6 Å². The van der Waals surface area contributed by atoms with Crippen LogP contribution in [0, 0.1) is 0 Å². The minimum Gasteiger partial charge on any atom is -0.445 e. The van der Waals surface area contributed by atoms with Gasteiger partial charge < -0.3 is 15.8 Å². The summed E-state index contributed by atoms with van der Waals surface area (Å²) in [5.41, 5.74) is 6.42. The molecule has 0 aliphatic heterocycles. The first-order valence-electron chi connectivity index (χ1n) is 9.22. The van der Waals surface area contributed by atoms with E-state index in [0.717, 1.165) is 5.56 Å². The number of imide groups is 1. The Balaban J connectivity index is 2.05. The largest absolute Gasteiger partial charge is 0.445 e. The fourth-order valence-electron chi connectivity index (χ4n) is 2.56. The van der Waals surface area contributed by atoms with Gasteiger partial charge in [-0.25, -0.2) is 4.79 Å². The van der Waals surface area contributed by atoms with Crippen LogP contribution < -0.4 is 11.1 Å². The van der Waals surface area contributed by atoms with E-state index in [2.05, 4.69) is 5.32 Å². The second-order valence-electron chi connectivity index (χ2n) is 6.46. The van der Waals surface area contributed by atoms with Gasteiger partial charge in [-0.05, 0) is 11.1 Å². The summed E-state index contributed by atoms with van der Waals surface area (Å²) in [6.07, 6.45) is -1.63. The second kappa shape index (κ2) is 11.3. The zero-order valence-electron chi connectivity index (χ0n) is 16.2. The van der Waals surface area contributed by atoms with Gasteiger partial charge in [0, 0.05) is 19.3 Å². The number of hydrogen-bond acceptors (Lipinski definition) is 6. The number of alkyl carbamates (subject to hydrolysis) is 1. The third kappa shape index (κ3) is 7.36. The summed E-state index contributed by atoms with van der Waals surface area (Å²) >= 11 is 0. The van der Waals surface area contributed by atoms with Crippen LogP contribution in [-0.4, -0.2) is 40.1 Å². The van der Waals surface area contributed by atoms with Crippen molar-refractivity contribution in [2.24, 2.45) is 5.73 Å². The number of carbonyl (C=O) groups is 4. The molecule has 4 amide bonds. The van der Waals surface area contributed by atoms with Gasteiger partial charge in [0.2, 0.25) is 5.91 Å². The van der Waals surface area contributed by atoms with Crippen LogP contribution in [0.25, 0.3) is 0 Å². The zero-order valence-corrected chi connectivity index (χ0v) is 16.2. The third-order valence-electron chi connectivity index (χ3n) is 4.12. The fourth-order valence-corrected chi connectivity index (χ4v) is 2.56. The number of nitrogens with two attached hydrogens (primary N) is 1. The Hall–Kier alpha value is -3.72. The molecule has 0 radical (unpaired) electrons. The molecule has 0 aromatic heterocycles. The summed E-state index contributed by atoms with van der Waals surface area (Å²) in [5.74, 6) is -2.80. The Morgan fingerprint density at radius 2 is 1.50 bits per heavy atom. The van der Waals surface area contributed by atoms with Gasteiger partial charge in [-0.15, -0.1) is 0 Å². The molecule has 2 rings (SSSR count). The highest BCUT2D eigenvalue weighted by Crippen LogP contribution is 2.08. The van der Waals surface area contributed by atoms with E-state index >= 15 is 0 Å². The van der Waals surface area contributed by atoms with Crippen LogP contribution >= 0.6 is 0 Å². The second-order valence-corrected chi connectivity index (χ2v) is 6.46. The predicted molar refractivity (Wildman–Crippen MR) is 106 cm³/mol. The summed E-state index contributed by atoms with van der Waals surface area (Å²) < 4.78 is 5.12. The van der Waals surface area contributed by atoms with E-state index in [-0.39, 0.29) is 24.5 Å². The lowest BCUT2D eigenvalue weighted by Crippen LogP contribution is -2.50. The van der Waals surface area contributed by atoms with Crippen LogP contribution in [0.1, 0.15) is 24.0 Å². The van der Waals surface area contributed by atoms with Crippen molar-refractivity contribution in [1.82, 2.24) is 10.4 Å². The maximum Gasteiger partial charge on any atom is 0.408 e. The van der Waals surface area contributed by atoms with E-state index in [4.69, 9.17) is 10.5 Å². The van der Waals surface area contributed by atoms with Crippen molar-refractivity contribution in [1.29, 1.82) is 0 Å². The molecule has 0 heterocycles. The molecule has 2 aromatic rings. The van der Waals surface area contributed by atoms with Crippen LogP contribution in [-0.2, 0) is 32.1 Å². The van der Waals surface area contributed by atoms with E-state index < -0.39 is 36.3 Å². The SMILES string of the molecule is NC(=O)CCC(=O)N(O)C(=O)C(Cc1ccccc1)NC(=O)OCc1ccccc1. The molecule has 0 spiro atoms. The number of nitrogens with one attached hydrogen (secondary N) is 1. The van der Waals surface area contributed by atoms with E-state index in [1.54, 1.807) is 54.6 Å². The van der Waals surface area contributed by atoms with Crippen molar-refractivity contribution in [2.75, 3.05) is 0 Å².